The molecule has 0 unspecified atom stereocenters. The summed E-state index contributed by atoms with van der Waals surface area (Å²) in [5, 5.41) is 4.64. The average molecular weight is 354 g/mol. The Balaban J connectivity index is 1.55. The molecule has 2 aromatic heterocycles. The van der Waals surface area contributed by atoms with Gasteiger partial charge in [-0.05, 0) is 60.6 Å². The molecule has 0 atom stereocenters. The van der Waals surface area contributed by atoms with Crippen LogP contribution in [0.25, 0.3) is 43.9 Å². The van der Waals surface area contributed by atoms with Crippen molar-refractivity contribution in [3.05, 3.63) is 60.2 Å². The molecular formula is C25H22O2. The Bertz CT molecular complexity index is 1300. The van der Waals surface area contributed by atoms with E-state index in [0.29, 0.717) is 5.92 Å². The molecule has 0 aliphatic heterocycles. The van der Waals surface area contributed by atoms with Gasteiger partial charge in [0.1, 0.15) is 22.3 Å². The van der Waals surface area contributed by atoms with E-state index in [4.69, 9.17) is 8.83 Å². The van der Waals surface area contributed by atoms with Gasteiger partial charge in [-0.2, -0.15) is 0 Å². The number of rotatable bonds is 1. The summed E-state index contributed by atoms with van der Waals surface area (Å²) in [4.78, 5) is 0. The van der Waals surface area contributed by atoms with Crippen molar-refractivity contribution in [2.24, 2.45) is 5.92 Å². The normalized spacial score (nSPS) is 20.9. The topological polar surface area (TPSA) is 26.3 Å². The van der Waals surface area contributed by atoms with Crippen molar-refractivity contribution in [3.8, 4) is 0 Å². The summed E-state index contributed by atoms with van der Waals surface area (Å²) in [7, 11) is 0. The summed E-state index contributed by atoms with van der Waals surface area (Å²) in [5.41, 5.74) is 5.24. The number of hydrogen-bond acceptors (Lipinski definition) is 2. The first kappa shape index (κ1) is 15.3. The van der Waals surface area contributed by atoms with Crippen molar-refractivity contribution >= 4 is 43.9 Å². The molecule has 1 fully saturated rings. The molecule has 0 bridgehead atoms. The molecule has 134 valence electrons. The first-order valence-corrected chi connectivity index (χ1v) is 10.0. The van der Waals surface area contributed by atoms with E-state index in [1.165, 1.54) is 36.6 Å². The van der Waals surface area contributed by atoms with Gasteiger partial charge in [0.25, 0.3) is 0 Å². The maximum atomic E-state index is 6.20. The summed E-state index contributed by atoms with van der Waals surface area (Å²) in [6.45, 7) is 2.38. The van der Waals surface area contributed by atoms with Gasteiger partial charge in [-0.3, -0.25) is 0 Å². The zero-order valence-electron chi connectivity index (χ0n) is 15.5. The molecule has 2 heteroatoms. The van der Waals surface area contributed by atoms with E-state index < -0.39 is 0 Å². The second kappa shape index (κ2) is 5.63. The number of hydrogen-bond donors (Lipinski definition) is 0. The first-order chi connectivity index (χ1) is 13.3. The molecule has 1 saturated carbocycles. The highest BCUT2D eigenvalue weighted by Gasteiger charge is 2.21. The molecule has 0 spiro atoms. The highest BCUT2D eigenvalue weighted by molar-refractivity contribution is 6.14. The van der Waals surface area contributed by atoms with Crippen molar-refractivity contribution in [2.75, 3.05) is 0 Å². The fourth-order valence-electron chi connectivity index (χ4n) is 4.86. The molecule has 1 aliphatic carbocycles. The quantitative estimate of drug-likeness (QED) is 0.307. The van der Waals surface area contributed by atoms with Crippen LogP contribution in [0.4, 0.5) is 0 Å². The van der Waals surface area contributed by atoms with Crippen LogP contribution in [0.1, 0.15) is 44.1 Å². The molecule has 1 aliphatic rings. The minimum atomic E-state index is 0.686. The third-order valence-electron chi connectivity index (χ3n) is 6.48. The van der Waals surface area contributed by atoms with Crippen LogP contribution in [0.3, 0.4) is 0 Å². The van der Waals surface area contributed by atoms with Crippen LogP contribution in [0.2, 0.25) is 0 Å². The molecule has 27 heavy (non-hydrogen) atoms. The van der Waals surface area contributed by atoms with Gasteiger partial charge in [-0.25, -0.2) is 0 Å². The van der Waals surface area contributed by atoms with Crippen molar-refractivity contribution in [1.82, 2.24) is 0 Å². The Morgan fingerprint density at radius 3 is 2.04 bits per heavy atom. The van der Waals surface area contributed by atoms with E-state index >= 15 is 0 Å². The molecule has 0 radical (unpaired) electrons. The van der Waals surface area contributed by atoms with Crippen LogP contribution in [0.15, 0.2) is 63.4 Å². The van der Waals surface area contributed by atoms with Gasteiger partial charge in [-0.15, -0.1) is 0 Å². The Labute approximate surface area is 157 Å². The lowest BCUT2D eigenvalue weighted by Gasteiger charge is -2.26. The summed E-state index contributed by atoms with van der Waals surface area (Å²) < 4.78 is 12.3. The van der Waals surface area contributed by atoms with E-state index in [-0.39, 0.29) is 0 Å². The molecule has 0 saturated heterocycles. The Hall–Kier alpha value is -2.74. The van der Waals surface area contributed by atoms with Crippen LogP contribution in [-0.2, 0) is 0 Å². The summed E-state index contributed by atoms with van der Waals surface area (Å²) in [6.07, 6.45) is 5.29. The molecule has 6 rings (SSSR count). The lowest BCUT2D eigenvalue weighted by Crippen LogP contribution is -2.10. The monoisotopic (exact) mass is 354 g/mol. The van der Waals surface area contributed by atoms with Crippen LogP contribution in [0, 0.1) is 5.92 Å². The van der Waals surface area contributed by atoms with Crippen LogP contribution in [-0.4, -0.2) is 0 Å². The van der Waals surface area contributed by atoms with E-state index in [2.05, 4.69) is 49.4 Å². The average Bonchev–Trinajstić information content (AvgIpc) is 3.23. The van der Waals surface area contributed by atoms with Crippen molar-refractivity contribution in [2.45, 2.75) is 38.5 Å². The number of para-hydroxylation sites is 1. The standard InChI is InChI=1S/C25H22O2/c1-15-6-8-16(9-7-15)17-10-11-23-19(12-17)21-14-24-20(13-25(21)27-23)18-4-2-3-5-22(18)26-24/h2-5,10-16H,6-9H2,1H3. The largest absolute Gasteiger partial charge is 0.456 e. The van der Waals surface area contributed by atoms with Crippen LogP contribution in [0.5, 0.6) is 0 Å². The lowest BCUT2D eigenvalue weighted by molar-refractivity contribution is 0.348. The van der Waals surface area contributed by atoms with E-state index in [1.807, 2.05) is 12.1 Å². The third-order valence-corrected chi connectivity index (χ3v) is 6.48. The third kappa shape index (κ3) is 2.32. The van der Waals surface area contributed by atoms with Crippen molar-refractivity contribution in [3.63, 3.8) is 0 Å². The molecule has 0 N–H and O–H groups in total. The predicted octanol–water partition coefficient (Wildman–Crippen LogP) is 7.78. The first-order valence-electron chi connectivity index (χ1n) is 10.0. The highest BCUT2D eigenvalue weighted by atomic mass is 16.3. The molecule has 0 amide bonds. The zero-order valence-corrected chi connectivity index (χ0v) is 15.5. The molecule has 2 nitrogen and oxygen atoms in total. The second-order valence-corrected chi connectivity index (χ2v) is 8.26. The van der Waals surface area contributed by atoms with E-state index in [1.54, 1.807) is 0 Å². The van der Waals surface area contributed by atoms with Gasteiger partial charge < -0.3 is 8.83 Å². The number of fused-ring (bicyclic) bond motifs is 6. The van der Waals surface area contributed by atoms with Crippen LogP contribution >= 0.6 is 0 Å². The molecule has 5 aromatic rings. The van der Waals surface area contributed by atoms with Crippen LogP contribution < -0.4 is 0 Å². The van der Waals surface area contributed by atoms with Gasteiger partial charge in [0, 0.05) is 21.5 Å². The van der Waals surface area contributed by atoms with Gasteiger partial charge in [-0.1, -0.05) is 44.0 Å². The fraction of sp³-hybridized carbons (Fsp3) is 0.280. The second-order valence-electron chi connectivity index (χ2n) is 8.26. The van der Waals surface area contributed by atoms with E-state index in [0.717, 1.165) is 44.4 Å². The van der Waals surface area contributed by atoms with Gasteiger partial charge in [0.05, 0.1) is 0 Å². The highest BCUT2D eigenvalue weighted by Crippen LogP contribution is 2.40. The number of benzene rings is 3. The smallest absolute Gasteiger partial charge is 0.136 e. The maximum absolute atomic E-state index is 6.20. The van der Waals surface area contributed by atoms with Gasteiger partial charge in [0.2, 0.25) is 0 Å². The minimum absolute atomic E-state index is 0.686. The molecule has 2 heterocycles. The summed E-state index contributed by atoms with van der Waals surface area (Å²) in [6, 6.07) is 19.3. The summed E-state index contributed by atoms with van der Waals surface area (Å²) in [5.74, 6) is 1.56. The zero-order chi connectivity index (χ0) is 18.0. The van der Waals surface area contributed by atoms with Gasteiger partial charge in [0.15, 0.2) is 0 Å². The lowest BCUT2D eigenvalue weighted by atomic mass is 9.79. The SMILES string of the molecule is CC1CCC(c2ccc3oc4cc5c(cc4c3c2)oc2ccccc25)CC1. The Morgan fingerprint density at radius 1 is 0.630 bits per heavy atom. The fourth-order valence-corrected chi connectivity index (χ4v) is 4.86. The van der Waals surface area contributed by atoms with Gasteiger partial charge >= 0.3 is 0 Å². The minimum Gasteiger partial charge on any atom is -0.456 e. The Kier molecular flexibility index (Phi) is 3.19. The summed E-state index contributed by atoms with van der Waals surface area (Å²) >= 11 is 0. The number of furan rings is 2. The molecule has 3 aromatic carbocycles. The van der Waals surface area contributed by atoms with Crippen molar-refractivity contribution < 1.29 is 8.83 Å². The maximum Gasteiger partial charge on any atom is 0.136 e. The van der Waals surface area contributed by atoms with Crippen molar-refractivity contribution in [1.29, 1.82) is 0 Å². The van der Waals surface area contributed by atoms with E-state index in [9.17, 15) is 0 Å². The Morgan fingerprint density at radius 2 is 1.26 bits per heavy atom. The predicted molar refractivity (Wildman–Crippen MR) is 111 cm³/mol. The molecular weight excluding hydrogens is 332 g/mol.